The Morgan fingerprint density at radius 3 is 2.45 bits per heavy atom. The van der Waals surface area contributed by atoms with Gasteiger partial charge in [0, 0.05) is 17.6 Å². The molecule has 0 unspecified atom stereocenters. The second-order valence-corrected chi connectivity index (χ2v) is 9.56. The first-order valence-electron chi connectivity index (χ1n) is 10.0. The van der Waals surface area contributed by atoms with Gasteiger partial charge in [0.25, 0.3) is 0 Å². The number of carbonyl (C=O) groups is 1. The number of amides is 1. The van der Waals surface area contributed by atoms with Crippen LogP contribution in [0.2, 0.25) is 5.02 Å². The van der Waals surface area contributed by atoms with Crippen molar-refractivity contribution >= 4 is 33.0 Å². The van der Waals surface area contributed by atoms with Gasteiger partial charge in [-0.25, -0.2) is 12.8 Å². The highest BCUT2D eigenvalue weighted by Gasteiger charge is 2.25. The number of ether oxygens (including phenoxy) is 2. The maximum atomic E-state index is 14.0. The van der Waals surface area contributed by atoms with Crippen LogP contribution in [0.3, 0.4) is 0 Å². The zero-order valence-electron chi connectivity index (χ0n) is 17.3. The van der Waals surface area contributed by atoms with E-state index >= 15 is 0 Å². The Morgan fingerprint density at radius 2 is 1.70 bits per heavy atom. The molecule has 0 radical (unpaired) electrons. The number of anilines is 1. The SMILES string of the molecule is O=C(CNc1ccc(F)cc1S(=O)(=O)c1ccc2c(c1)OCCO2)NCc1ccc(Cl)cc1. The third kappa shape index (κ3) is 5.37. The molecule has 172 valence electrons. The Morgan fingerprint density at radius 1 is 0.970 bits per heavy atom. The monoisotopic (exact) mass is 490 g/mol. The van der Waals surface area contributed by atoms with E-state index in [4.69, 9.17) is 21.1 Å². The summed E-state index contributed by atoms with van der Waals surface area (Å²) in [6, 6.07) is 14.5. The van der Waals surface area contributed by atoms with Crippen LogP contribution >= 0.6 is 11.6 Å². The second kappa shape index (κ2) is 9.68. The van der Waals surface area contributed by atoms with Crippen LogP contribution < -0.4 is 20.1 Å². The van der Waals surface area contributed by atoms with E-state index in [9.17, 15) is 17.6 Å². The molecule has 3 aromatic rings. The average molecular weight is 491 g/mol. The second-order valence-electron chi connectivity index (χ2n) is 7.21. The average Bonchev–Trinajstić information content (AvgIpc) is 2.82. The number of fused-ring (bicyclic) bond motifs is 1. The molecule has 1 aliphatic rings. The predicted octanol–water partition coefficient (Wildman–Crippen LogP) is 3.81. The summed E-state index contributed by atoms with van der Waals surface area (Å²) in [7, 11) is -4.12. The number of rotatable bonds is 7. The molecule has 0 spiro atoms. The van der Waals surface area contributed by atoms with E-state index in [0.717, 1.165) is 17.7 Å². The molecule has 0 atom stereocenters. The van der Waals surface area contributed by atoms with E-state index in [1.807, 2.05) is 0 Å². The fourth-order valence-corrected chi connectivity index (χ4v) is 4.81. The summed E-state index contributed by atoms with van der Waals surface area (Å²) in [5, 5.41) is 6.11. The Bertz CT molecular complexity index is 1280. The molecule has 33 heavy (non-hydrogen) atoms. The first-order valence-corrected chi connectivity index (χ1v) is 11.9. The minimum atomic E-state index is -4.12. The number of hydrogen-bond acceptors (Lipinski definition) is 6. The normalized spacial score (nSPS) is 12.8. The molecule has 0 fully saturated rings. The Labute approximate surface area is 195 Å². The Balaban J connectivity index is 1.50. The fraction of sp³-hybridized carbons (Fsp3) is 0.174. The Hall–Kier alpha value is -3.30. The third-order valence-electron chi connectivity index (χ3n) is 4.90. The molecular weight excluding hydrogens is 471 g/mol. The largest absolute Gasteiger partial charge is 0.486 e. The standard InChI is InChI=1S/C23H20ClFN2O5S/c24-16-3-1-15(2-4-16)13-27-23(28)14-26-19-7-5-17(25)11-22(19)33(29,30)18-6-8-20-21(12-18)32-10-9-31-20/h1-8,11-12,26H,9-10,13-14H2,(H,27,28). The number of nitrogens with one attached hydrogen (secondary N) is 2. The van der Waals surface area contributed by atoms with Crippen molar-refractivity contribution < 1.29 is 27.1 Å². The lowest BCUT2D eigenvalue weighted by molar-refractivity contribution is -0.119. The number of hydrogen-bond donors (Lipinski definition) is 2. The van der Waals surface area contributed by atoms with Gasteiger partial charge in [0.2, 0.25) is 15.7 Å². The highest BCUT2D eigenvalue weighted by atomic mass is 35.5. The van der Waals surface area contributed by atoms with Gasteiger partial charge in [0.1, 0.15) is 19.0 Å². The maximum absolute atomic E-state index is 14.0. The van der Waals surface area contributed by atoms with Crippen molar-refractivity contribution in [2.45, 2.75) is 16.3 Å². The summed E-state index contributed by atoms with van der Waals surface area (Å²) in [5.41, 5.74) is 0.962. The molecule has 3 aromatic carbocycles. The van der Waals surface area contributed by atoms with Crippen LogP contribution in [0.4, 0.5) is 10.1 Å². The number of sulfone groups is 1. The van der Waals surface area contributed by atoms with E-state index < -0.39 is 15.7 Å². The van der Waals surface area contributed by atoms with Crippen LogP contribution in [-0.4, -0.2) is 34.1 Å². The lowest BCUT2D eigenvalue weighted by Gasteiger charge is -2.19. The maximum Gasteiger partial charge on any atom is 0.239 e. The summed E-state index contributed by atoms with van der Waals surface area (Å²) in [6.07, 6.45) is 0. The van der Waals surface area contributed by atoms with Crippen molar-refractivity contribution in [2.24, 2.45) is 0 Å². The molecule has 2 N–H and O–H groups in total. The van der Waals surface area contributed by atoms with Crippen molar-refractivity contribution in [1.82, 2.24) is 5.32 Å². The van der Waals surface area contributed by atoms with Crippen molar-refractivity contribution in [3.63, 3.8) is 0 Å². The fourth-order valence-electron chi connectivity index (χ4n) is 3.22. The molecule has 0 aliphatic carbocycles. The van der Waals surface area contributed by atoms with Gasteiger partial charge in [0.05, 0.1) is 22.0 Å². The predicted molar refractivity (Wildman–Crippen MR) is 121 cm³/mol. The first-order chi connectivity index (χ1) is 15.8. The number of carbonyl (C=O) groups excluding carboxylic acids is 1. The third-order valence-corrected chi connectivity index (χ3v) is 6.94. The van der Waals surface area contributed by atoms with Gasteiger partial charge < -0.3 is 20.1 Å². The molecule has 0 bridgehead atoms. The van der Waals surface area contributed by atoms with Gasteiger partial charge in [-0.1, -0.05) is 23.7 Å². The van der Waals surface area contributed by atoms with E-state index in [2.05, 4.69) is 10.6 Å². The first kappa shape index (κ1) is 22.9. The molecule has 0 saturated heterocycles. The van der Waals surface area contributed by atoms with Gasteiger partial charge in [-0.15, -0.1) is 0 Å². The highest BCUT2D eigenvalue weighted by molar-refractivity contribution is 7.91. The van der Waals surface area contributed by atoms with Crippen molar-refractivity contribution in [3.05, 3.63) is 77.1 Å². The summed E-state index contributed by atoms with van der Waals surface area (Å²) >= 11 is 5.85. The minimum absolute atomic E-state index is 0.0763. The van der Waals surface area contributed by atoms with Crippen LogP contribution in [0.5, 0.6) is 11.5 Å². The molecule has 4 rings (SSSR count). The molecule has 1 amide bonds. The summed E-state index contributed by atoms with van der Waals surface area (Å²) < 4.78 is 51.4. The molecular formula is C23H20ClFN2O5S. The van der Waals surface area contributed by atoms with Crippen LogP contribution in [-0.2, 0) is 21.2 Å². The van der Waals surface area contributed by atoms with Gasteiger partial charge in [-0.05, 0) is 48.0 Å². The zero-order valence-corrected chi connectivity index (χ0v) is 18.9. The Kier molecular flexibility index (Phi) is 6.71. The lowest BCUT2D eigenvalue weighted by atomic mass is 10.2. The van der Waals surface area contributed by atoms with Crippen LogP contribution in [0, 0.1) is 5.82 Å². The number of halogens is 2. The van der Waals surface area contributed by atoms with Gasteiger partial charge >= 0.3 is 0 Å². The molecule has 0 saturated carbocycles. The topological polar surface area (TPSA) is 93.7 Å². The molecule has 1 heterocycles. The van der Waals surface area contributed by atoms with E-state index in [1.54, 1.807) is 24.3 Å². The molecule has 10 heteroatoms. The van der Waals surface area contributed by atoms with Crippen molar-refractivity contribution in [2.75, 3.05) is 25.1 Å². The van der Waals surface area contributed by atoms with Gasteiger partial charge in [0.15, 0.2) is 11.5 Å². The van der Waals surface area contributed by atoms with Gasteiger partial charge in [-0.3, -0.25) is 4.79 Å². The smallest absolute Gasteiger partial charge is 0.239 e. The molecule has 1 aliphatic heterocycles. The molecule has 7 nitrogen and oxygen atoms in total. The molecule has 0 aromatic heterocycles. The van der Waals surface area contributed by atoms with Crippen LogP contribution in [0.15, 0.2) is 70.5 Å². The minimum Gasteiger partial charge on any atom is -0.486 e. The van der Waals surface area contributed by atoms with Gasteiger partial charge in [-0.2, -0.15) is 0 Å². The van der Waals surface area contributed by atoms with E-state index in [-0.39, 0.29) is 34.5 Å². The highest BCUT2D eigenvalue weighted by Crippen LogP contribution is 2.35. The summed E-state index contributed by atoms with van der Waals surface area (Å²) in [6.45, 7) is 0.748. The summed E-state index contributed by atoms with van der Waals surface area (Å²) in [5.74, 6) is -0.342. The summed E-state index contributed by atoms with van der Waals surface area (Å²) in [4.78, 5) is 11.9. The lowest BCUT2D eigenvalue weighted by Crippen LogP contribution is -2.29. The van der Waals surface area contributed by atoms with E-state index in [0.29, 0.717) is 29.7 Å². The van der Waals surface area contributed by atoms with Crippen molar-refractivity contribution in [3.8, 4) is 11.5 Å². The van der Waals surface area contributed by atoms with Crippen molar-refractivity contribution in [1.29, 1.82) is 0 Å². The number of benzene rings is 3. The van der Waals surface area contributed by atoms with E-state index in [1.165, 1.54) is 24.3 Å². The zero-order chi connectivity index (χ0) is 23.4. The quantitative estimate of drug-likeness (QED) is 0.523. The van der Waals surface area contributed by atoms with Crippen LogP contribution in [0.25, 0.3) is 0 Å². The van der Waals surface area contributed by atoms with Crippen LogP contribution in [0.1, 0.15) is 5.56 Å².